The Kier molecular flexibility index (Phi) is 2.92. The van der Waals surface area contributed by atoms with Crippen LogP contribution in [0.15, 0.2) is 0 Å². The fraction of sp³-hybridized carbons (Fsp3) is 0.929. The van der Waals surface area contributed by atoms with E-state index in [-0.39, 0.29) is 0 Å². The van der Waals surface area contributed by atoms with Crippen LogP contribution in [0.2, 0.25) is 0 Å². The summed E-state index contributed by atoms with van der Waals surface area (Å²) < 4.78 is 2.58. The summed E-state index contributed by atoms with van der Waals surface area (Å²) in [6.45, 7) is 9.49. The van der Waals surface area contributed by atoms with Crippen molar-refractivity contribution in [3.8, 4) is 0 Å². The average Bonchev–Trinajstić information content (AvgIpc) is 2.78. The summed E-state index contributed by atoms with van der Waals surface area (Å²) in [6.07, 6.45) is 4.15. The predicted molar refractivity (Wildman–Crippen MR) is 65.5 cm³/mol. The molecule has 2 aliphatic carbocycles. The lowest BCUT2D eigenvalue weighted by molar-refractivity contribution is -0.550. The van der Waals surface area contributed by atoms with E-state index in [0.29, 0.717) is 0 Å². The minimum absolute atomic E-state index is 0.848. The minimum atomic E-state index is 0.848. The SMILES string of the molecule is CCC(C)=[N+](C)[C@@H]1CC2CC1[C@@H](C)[C@H]2C. The first-order chi connectivity index (χ1) is 7.06. The largest absolute Gasteiger partial charge is 0.237 e. The van der Waals surface area contributed by atoms with E-state index in [0.717, 1.165) is 29.7 Å². The number of hydrogen-bond donors (Lipinski definition) is 0. The molecule has 0 aliphatic heterocycles. The number of nitrogens with zero attached hydrogens (tertiary/aromatic N) is 1. The van der Waals surface area contributed by atoms with Crippen molar-refractivity contribution >= 4 is 5.71 Å². The molecule has 0 amide bonds. The molecule has 1 nitrogen and oxygen atoms in total. The molecule has 0 aromatic rings. The second kappa shape index (κ2) is 3.92. The number of fused-ring (bicyclic) bond motifs is 2. The topological polar surface area (TPSA) is 3.01 Å². The molecule has 2 rings (SSSR count). The molecule has 0 N–H and O–H groups in total. The van der Waals surface area contributed by atoms with Gasteiger partial charge in [-0.2, -0.15) is 0 Å². The van der Waals surface area contributed by atoms with E-state index in [9.17, 15) is 0 Å². The van der Waals surface area contributed by atoms with E-state index < -0.39 is 0 Å². The van der Waals surface area contributed by atoms with E-state index in [1.165, 1.54) is 19.3 Å². The van der Waals surface area contributed by atoms with Gasteiger partial charge in [-0.25, -0.2) is 4.58 Å². The molecule has 2 fully saturated rings. The Hall–Kier alpha value is -0.330. The van der Waals surface area contributed by atoms with Crippen LogP contribution < -0.4 is 0 Å². The lowest BCUT2D eigenvalue weighted by Gasteiger charge is -2.29. The fourth-order valence-corrected chi connectivity index (χ4v) is 3.88. The van der Waals surface area contributed by atoms with Crippen LogP contribution in [0.5, 0.6) is 0 Å². The maximum Gasteiger partial charge on any atom is 0.155 e. The zero-order valence-electron chi connectivity index (χ0n) is 11.0. The number of rotatable bonds is 2. The highest BCUT2D eigenvalue weighted by Gasteiger charge is 2.52. The Morgan fingerprint density at radius 2 is 1.87 bits per heavy atom. The van der Waals surface area contributed by atoms with Gasteiger partial charge in [-0.1, -0.05) is 20.8 Å². The molecule has 0 aromatic carbocycles. The van der Waals surface area contributed by atoms with E-state index >= 15 is 0 Å². The third-order valence-electron chi connectivity index (χ3n) is 5.47. The second-order valence-corrected chi connectivity index (χ2v) is 5.88. The highest BCUT2D eigenvalue weighted by molar-refractivity contribution is 5.76. The summed E-state index contributed by atoms with van der Waals surface area (Å²) in [4.78, 5) is 0. The highest BCUT2D eigenvalue weighted by Crippen LogP contribution is 2.52. The molecular formula is C14H26N+. The average molecular weight is 208 g/mol. The maximum absolute atomic E-state index is 2.58. The maximum atomic E-state index is 2.58. The molecule has 0 heterocycles. The molecule has 5 atom stereocenters. The molecule has 0 aromatic heterocycles. The Bertz CT molecular complexity index is 277. The lowest BCUT2D eigenvalue weighted by atomic mass is 9.79. The molecular weight excluding hydrogens is 182 g/mol. The molecule has 1 heteroatoms. The molecule has 86 valence electrons. The molecule has 0 saturated heterocycles. The molecule has 0 radical (unpaired) electrons. The van der Waals surface area contributed by atoms with Gasteiger partial charge in [-0.15, -0.1) is 0 Å². The Morgan fingerprint density at radius 1 is 1.20 bits per heavy atom. The lowest BCUT2D eigenvalue weighted by Crippen LogP contribution is -2.37. The Balaban J connectivity index is 2.16. The van der Waals surface area contributed by atoms with Crippen molar-refractivity contribution in [2.75, 3.05) is 7.05 Å². The van der Waals surface area contributed by atoms with Gasteiger partial charge in [0.15, 0.2) is 6.04 Å². The molecule has 2 bridgehead atoms. The summed E-state index contributed by atoms with van der Waals surface area (Å²) in [5.74, 6) is 3.90. The van der Waals surface area contributed by atoms with Crippen LogP contribution in [0, 0.1) is 23.7 Å². The Labute approximate surface area is 94.6 Å². The van der Waals surface area contributed by atoms with Crippen molar-refractivity contribution in [3.05, 3.63) is 0 Å². The van der Waals surface area contributed by atoms with Crippen LogP contribution in [0.3, 0.4) is 0 Å². The summed E-state index contributed by atoms with van der Waals surface area (Å²) in [7, 11) is 2.31. The van der Waals surface area contributed by atoms with Gasteiger partial charge >= 0.3 is 0 Å². The van der Waals surface area contributed by atoms with E-state index in [1.54, 1.807) is 5.71 Å². The molecule has 2 unspecified atom stereocenters. The monoisotopic (exact) mass is 208 g/mol. The first-order valence-corrected chi connectivity index (χ1v) is 6.61. The summed E-state index contributed by atoms with van der Waals surface area (Å²) in [5, 5.41) is 0. The van der Waals surface area contributed by atoms with Crippen LogP contribution in [0.25, 0.3) is 0 Å². The smallest absolute Gasteiger partial charge is 0.155 e. The standard InChI is InChI=1S/C14H26N/c1-6-9(2)15(5)14-8-12-7-13(14)11(4)10(12)3/h10-14H,6-8H2,1-5H3/q+1/t10-,11+,12?,13?,14-/m1/s1. The van der Waals surface area contributed by atoms with E-state index in [2.05, 4.69) is 39.3 Å². The van der Waals surface area contributed by atoms with Gasteiger partial charge in [-0.3, -0.25) is 0 Å². The van der Waals surface area contributed by atoms with Gasteiger partial charge in [0.25, 0.3) is 0 Å². The van der Waals surface area contributed by atoms with Crippen LogP contribution in [0.4, 0.5) is 0 Å². The zero-order chi connectivity index (χ0) is 11.2. The van der Waals surface area contributed by atoms with Gasteiger partial charge in [-0.05, 0) is 24.2 Å². The van der Waals surface area contributed by atoms with Crippen molar-refractivity contribution in [1.29, 1.82) is 0 Å². The van der Waals surface area contributed by atoms with Crippen molar-refractivity contribution in [2.45, 2.75) is 53.0 Å². The third-order valence-corrected chi connectivity index (χ3v) is 5.47. The molecule has 15 heavy (non-hydrogen) atoms. The van der Waals surface area contributed by atoms with Gasteiger partial charge in [0.1, 0.15) is 12.8 Å². The fourth-order valence-electron chi connectivity index (χ4n) is 3.88. The quantitative estimate of drug-likeness (QED) is 0.484. The molecule has 2 saturated carbocycles. The second-order valence-electron chi connectivity index (χ2n) is 5.88. The van der Waals surface area contributed by atoms with Crippen LogP contribution in [0.1, 0.15) is 47.0 Å². The van der Waals surface area contributed by atoms with E-state index in [4.69, 9.17) is 0 Å². The van der Waals surface area contributed by atoms with Crippen molar-refractivity contribution < 1.29 is 4.58 Å². The van der Waals surface area contributed by atoms with Crippen molar-refractivity contribution in [2.24, 2.45) is 23.7 Å². The third kappa shape index (κ3) is 1.64. The predicted octanol–water partition coefficient (Wildman–Crippen LogP) is 3.18. The van der Waals surface area contributed by atoms with Crippen LogP contribution in [-0.2, 0) is 0 Å². The van der Waals surface area contributed by atoms with Crippen molar-refractivity contribution in [3.63, 3.8) is 0 Å². The first-order valence-electron chi connectivity index (χ1n) is 6.61. The van der Waals surface area contributed by atoms with Crippen molar-refractivity contribution in [1.82, 2.24) is 0 Å². The Morgan fingerprint density at radius 3 is 2.33 bits per heavy atom. The van der Waals surface area contributed by atoms with Crippen LogP contribution >= 0.6 is 0 Å². The van der Waals surface area contributed by atoms with Gasteiger partial charge in [0.05, 0.1) is 0 Å². The zero-order valence-corrected chi connectivity index (χ0v) is 11.0. The van der Waals surface area contributed by atoms with Crippen LogP contribution in [-0.4, -0.2) is 23.4 Å². The first kappa shape index (κ1) is 11.2. The normalized spacial score (nSPS) is 45.8. The van der Waals surface area contributed by atoms with E-state index in [1.807, 2.05) is 0 Å². The van der Waals surface area contributed by atoms with Gasteiger partial charge in [0, 0.05) is 25.7 Å². The minimum Gasteiger partial charge on any atom is -0.237 e. The highest BCUT2D eigenvalue weighted by atomic mass is 15.0. The van der Waals surface area contributed by atoms with Gasteiger partial charge in [0.2, 0.25) is 0 Å². The number of hydrogen-bond acceptors (Lipinski definition) is 0. The molecule has 0 spiro atoms. The van der Waals surface area contributed by atoms with Gasteiger partial charge < -0.3 is 0 Å². The molecule has 2 aliphatic rings. The summed E-state index contributed by atoms with van der Waals surface area (Å²) in [5.41, 5.74) is 1.56. The summed E-state index contributed by atoms with van der Waals surface area (Å²) in [6, 6.07) is 0.848. The summed E-state index contributed by atoms with van der Waals surface area (Å²) >= 11 is 0.